The van der Waals surface area contributed by atoms with Crippen molar-refractivity contribution in [2.45, 2.75) is 31.6 Å². The van der Waals surface area contributed by atoms with Gasteiger partial charge in [0.2, 0.25) is 0 Å². The van der Waals surface area contributed by atoms with E-state index in [0.29, 0.717) is 44.8 Å². The van der Waals surface area contributed by atoms with E-state index in [2.05, 4.69) is 0 Å². The lowest BCUT2D eigenvalue weighted by atomic mass is 9.93. The van der Waals surface area contributed by atoms with Gasteiger partial charge in [-0.05, 0) is 36.1 Å². The minimum atomic E-state index is -0.410. The molecule has 2 aromatic carbocycles. The second-order valence-electron chi connectivity index (χ2n) is 8.01. The zero-order chi connectivity index (χ0) is 24.2. The highest BCUT2D eigenvalue weighted by Gasteiger charge is 2.34. The number of amides is 1. The van der Waals surface area contributed by atoms with E-state index in [1.54, 1.807) is 31.3 Å². The van der Waals surface area contributed by atoms with E-state index in [0.717, 1.165) is 11.1 Å². The van der Waals surface area contributed by atoms with E-state index >= 15 is 0 Å². The summed E-state index contributed by atoms with van der Waals surface area (Å²) >= 11 is 0. The van der Waals surface area contributed by atoms with Crippen LogP contribution in [0.3, 0.4) is 0 Å². The van der Waals surface area contributed by atoms with Gasteiger partial charge in [-0.2, -0.15) is 0 Å². The summed E-state index contributed by atoms with van der Waals surface area (Å²) in [4.78, 5) is 26.9. The van der Waals surface area contributed by atoms with Crippen LogP contribution in [-0.4, -0.2) is 70.3 Å². The number of methoxy groups -OCH3 is 2. The van der Waals surface area contributed by atoms with Gasteiger partial charge < -0.3 is 28.6 Å². The van der Waals surface area contributed by atoms with E-state index in [9.17, 15) is 9.59 Å². The summed E-state index contributed by atoms with van der Waals surface area (Å²) < 4.78 is 26.7. The van der Waals surface area contributed by atoms with Crippen LogP contribution in [0.2, 0.25) is 0 Å². The summed E-state index contributed by atoms with van der Waals surface area (Å²) in [6.07, 6.45) is 0.969. The minimum Gasteiger partial charge on any atom is -0.460 e. The van der Waals surface area contributed by atoms with Crippen molar-refractivity contribution in [3.05, 3.63) is 71.3 Å². The van der Waals surface area contributed by atoms with Gasteiger partial charge >= 0.3 is 12.1 Å². The summed E-state index contributed by atoms with van der Waals surface area (Å²) in [5.41, 5.74) is 2.29. The predicted molar refractivity (Wildman–Crippen MR) is 126 cm³/mol. The van der Waals surface area contributed by atoms with E-state index < -0.39 is 5.97 Å². The van der Waals surface area contributed by atoms with Crippen molar-refractivity contribution in [1.82, 2.24) is 4.90 Å². The van der Waals surface area contributed by atoms with Crippen LogP contribution < -0.4 is 0 Å². The summed E-state index contributed by atoms with van der Waals surface area (Å²) in [6.45, 7) is 2.28. The van der Waals surface area contributed by atoms with Crippen molar-refractivity contribution in [2.24, 2.45) is 0 Å². The number of benzene rings is 2. The molecule has 0 aliphatic carbocycles. The number of hydrogen-bond donors (Lipinski definition) is 0. The molecular formula is C26H33NO7. The van der Waals surface area contributed by atoms with E-state index in [1.165, 1.54) is 0 Å². The number of carbonyl (C=O) groups excluding carboxylic acids is 2. The van der Waals surface area contributed by atoms with Crippen LogP contribution in [0.5, 0.6) is 0 Å². The standard InChI is InChI=1S/C26H33NO7/c1-30-14-16-32-23-12-13-27(26(29)34-19-20-6-4-3-5-7-20)24(18-23)21-8-10-22(11-9-21)25(28)33-17-15-31-2/h3-11,23-24H,12-19H2,1-2H3/t23-,24-/m0/s1. The fourth-order valence-electron chi connectivity index (χ4n) is 3.86. The Balaban J connectivity index is 1.69. The summed E-state index contributed by atoms with van der Waals surface area (Å²) in [6, 6.07) is 16.5. The monoisotopic (exact) mass is 471 g/mol. The molecule has 8 heteroatoms. The van der Waals surface area contributed by atoms with Gasteiger partial charge in [0.1, 0.15) is 13.2 Å². The minimum absolute atomic E-state index is 0.00277. The predicted octanol–water partition coefficient (Wildman–Crippen LogP) is 4.00. The average Bonchev–Trinajstić information content (AvgIpc) is 2.88. The van der Waals surface area contributed by atoms with Crippen molar-refractivity contribution in [3.8, 4) is 0 Å². The van der Waals surface area contributed by atoms with Crippen molar-refractivity contribution in [3.63, 3.8) is 0 Å². The molecule has 0 saturated carbocycles. The maximum absolute atomic E-state index is 13.0. The molecule has 0 bridgehead atoms. The number of likely N-dealkylation sites (tertiary alicyclic amines) is 1. The first-order valence-corrected chi connectivity index (χ1v) is 11.5. The molecule has 0 radical (unpaired) electrons. The number of nitrogens with zero attached hydrogens (tertiary/aromatic N) is 1. The van der Waals surface area contributed by atoms with Crippen LogP contribution in [0.25, 0.3) is 0 Å². The number of hydrogen-bond acceptors (Lipinski definition) is 7. The Labute approximate surface area is 200 Å². The molecule has 1 heterocycles. The lowest BCUT2D eigenvalue weighted by molar-refractivity contribution is -0.0323. The van der Waals surface area contributed by atoms with Gasteiger partial charge in [0, 0.05) is 20.8 Å². The smallest absolute Gasteiger partial charge is 0.410 e. The van der Waals surface area contributed by atoms with Gasteiger partial charge in [0.05, 0.1) is 37.5 Å². The Morgan fingerprint density at radius 1 is 0.882 bits per heavy atom. The maximum Gasteiger partial charge on any atom is 0.410 e. The second-order valence-corrected chi connectivity index (χ2v) is 8.01. The molecule has 8 nitrogen and oxygen atoms in total. The highest BCUT2D eigenvalue weighted by Crippen LogP contribution is 2.33. The molecule has 1 aliphatic heterocycles. The van der Waals surface area contributed by atoms with Crippen molar-refractivity contribution in [2.75, 3.05) is 47.2 Å². The number of rotatable bonds is 11. The first kappa shape index (κ1) is 25.7. The number of piperidine rings is 1. The van der Waals surface area contributed by atoms with Gasteiger partial charge in [0.15, 0.2) is 0 Å². The highest BCUT2D eigenvalue weighted by molar-refractivity contribution is 5.89. The molecule has 1 amide bonds. The molecule has 184 valence electrons. The fraction of sp³-hybridized carbons (Fsp3) is 0.462. The molecule has 1 fully saturated rings. The topological polar surface area (TPSA) is 83.5 Å². The second kappa shape index (κ2) is 13.7. The van der Waals surface area contributed by atoms with E-state index in [-0.39, 0.29) is 31.5 Å². The van der Waals surface area contributed by atoms with Crippen LogP contribution >= 0.6 is 0 Å². The first-order chi connectivity index (χ1) is 16.6. The number of ether oxygens (including phenoxy) is 5. The van der Waals surface area contributed by atoms with Crippen molar-refractivity contribution >= 4 is 12.1 Å². The Bertz CT molecular complexity index is 888. The summed E-state index contributed by atoms with van der Waals surface area (Å²) in [5, 5.41) is 0. The van der Waals surface area contributed by atoms with Crippen LogP contribution in [0.4, 0.5) is 4.79 Å². The van der Waals surface area contributed by atoms with Crippen molar-refractivity contribution in [1.29, 1.82) is 0 Å². The Morgan fingerprint density at radius 2 is 1.59 bits per heavy atom. The highest BCUT2D eigenvalue weighted by atomic mass is 16.6. The largest absolute Gasteiger partial charge is 0.460 e. The molecule has 2 atom stereocenters. The number of carbonyl (C=O) groups is 2. The Kier molecular flexibility index (Phi) is 10.3. The summed E-state index contributed by atoms with van der Waals surface area (Å²) in [7, 11) is 3.19. The maximum atomic E-state index is 13.0. The van der Waals surface area contributed by atoms with Gasteiger partial charge in [0.25, 0.3) is 0 Å². The molecule has 2 aromatic rings. The lowest BCUT2D eigenvalue weighted by Gasteiger charge is -2.39. The quantitative estimate of drug-likeness (QED) is 0.362. The van der Waals surface area contributed by atoms with Gasteiger partial charge in [-0.3, -0.25) is 0 Å². The zero-order valence-corrected chi connectivity index (χ0v) is 19.8. The Hall–Kier alpha value is -2.94. The van der Waals surface area contributed by atoms with Crippen LogP contribution in [0.15, 0.2) is 54.6 Å². The van der Waals surface area contributed by atoms with Crippen LogP contribution in [0, 0.1) is 0 Å². The number of esters is 1. The third-order valence-corrected chi connectivity index (χ3v) is 5.69. The van der Waals surface area contributed by atoms with Crippen LogP contribution in [-0.2, 0) is 30.3 Å². The van der Waals surface area contributed by atoms with E-state index in [1.807, 2.05) is 42.5 Å². The molecular weight excluding hydrogens is 438 g/mol. The summed E-state index contributed by atoms with van der Waals surface area (Å²) in [5.74, 6) is -0.410. The van der Waals surface area contributed by atoms with Gasteiger partial charge in [-0.1, -0.05) is 42.5 Å². The Morgan fingerprint density at radius 3 is 2.29 bits per heavy atom. The molecule has 34 heavy (non-hydrogen) atoms. The lowest BCUT2D eigenvalue weighted by Crippen LogP contribution is -2.43. The molecule has 0 aromatic heterocycles. The molecule has 1 saturated heterocycles. The molecule has 0 N–H and O–H groups in total. The normalized spacial score (nSPS) is 17.9. The third kappa shape index (κ3) is 7.55. The zero-order valence-electron chi connectivity index (χ0n) is 19.8. The average molecular weight is 472 g/mol. The molecule has 0 unspecified atom stereocenters. The van der Waals surface area contributed by atoms with Gasteiger partial charge in [-0.15, -0.1) is 0 Å². The van der Waals surface area contributed by atoms with Crippen molar-refractivity contribution < 1.29 is 33.3 Å². The first-order valence-electron chi connectivity index (χ1n) is 11.5. The molecule has 1 aliphatic rings. The van der Waals surface area contributed by atoms with E-state index in [4.69, 9.17) is 23.7 Å². The molecule has 0 spiro atoms. The fourth-order valence-corrected chi connectivity index (χ4v) is 3.86. The van der Waals surface area contributed by atoms with Gasteiger partial charge in [-0.25, -0.2) is 9.59 Å². The third-order valence-electron chi connectivity index (χ3n) is 5.69. The van der Waals surface area contributed by atoms with Crippen LogP contribution in [0.1, 0.15) is 40.4 Å². The SMILES string of the molecule is COCCOC(=O)c1ccc([C@@H]2C[C@@H](OCCOC)CCN2C(=O)OCc2ccccc2)cc1. The molecule has 3 rings (SSSR count).